The van der Waals surface area contributed by atoms with Crippen molar-refractivity contribution in [1.82, 2.24) is 9.47 Å². The number of aliphatic hydroxyl groups excluding tert-OH is 1. The maximum Gasteiger partial charge on any atom is 0.178 e. The molecule has 3 heterocycles. The molecule has 1 N–H and O–H groups in total. The van der Waals surface area contributed by atoms with Crippen LogP contribution < -0.4 is 0 Å². The molecule has 1 aliphatic carbocycles. The summed E-state index contributed by atoms with van der Waals surface area (Å²) in [4.78, 5) is 15.7. The van der Waals surface area contributed by atoms with E-state index in [9.17, 15) is 9.90 Å². The van der Waals surface area contributed by atoms with E-state index in [0.717, 1.165) is 49.0 Å². The molecule has 2 saturated heterocycles. The van der Waals surface area contributed by atoms with Crippen LogP contribution in [0.5, 0.6) is 0 Å². The molecule has 1 aromatic heterocycles. The average Bonchev–Trinajstić information content (AvgIpc) is 3.44. The zero-order valence-electron chi connectivity index (χ0n) is 18.3. The summed E-state index contributed by atoms with van der Waals surface area (Å²) in [6.45, 7) is 2.44. The topological polar surface area (TPSA) is 69.3 Å². The van der Waals surface area contributed by atoms with Crippen molar-refractivity contribution in [2.75, 3.05) is 6.54 Å². The highest BCUT2D eigenvalue weighted by Crippen LogP contribution is 2.39. The number of nitriles is 1. The second-order valence-corrected chi connectivity index (χ2v) is 9.59. The van der Waals surface area contributed by atoms with E-state index in [1.807, 2.05) is 31.2 Å². The van der Waals surface area contributed by atoms with Crippen LogP contribution in [0.2, 0.25) is 0 Å². The summed E-state index contributed by atoms with van der Waals surface area (Å²) < 4.78 is 2.25. The van der Waals surface area contributed by atoms with E-state index >= 15 is 0 Å². The summed E-state index contributed by atoms with van der Waals surface area (Å²) >= 11 is 0. The van der Waals surface area contributed by atoms with Crippen LogP contribution in [0.15, 0.2) is 30.3 Å². The smallest absolute Gasteiger partial charge is 0.178 e. The number of nitrogens with zero attached hydrogens (tertiary/aromatic N) is 3. The number of carbonyl (C=O) groups excluding carboxylic acids is 1. The normalized spacial score (nSPS) is 26.3. The second kappa shape index (κ2) is 8.26. The van der Waals surface area contributed by atoms with Gasteiger partial charge >= 0.3 is 0 Å². The van der Waals surface area contributed by atoms with E-state index in [1.54, 1.807) is 0 Å². The number of Topliss-reactive ketones (excluding diaryl/α,β-unsaturated/α-hetero) is 1. The molecule has 2 bridgehead atoms. The van der Waals surface area contributed by atoms with Gasteiger partial charge in [0.05, 0.1) is 24.3 Å². The van der Waals surface area contributed by atoms with Crippen molar-refractivity contribution >= 4 is 5.78 Å². The summed E-state index contributed by atoms with van der Waals surface area (Å²) in [5.41, 5.74) is 4.70. The zero-order chi connectivity index (χ0) is 21.5. The molecule has 0 spiro atoms. The number of benzene rings is 1. The third-order valence-corrected chi connectivity index (χ3v) is 7.83. The molecule has 5 rings (SSSR count). The van der Waals surface area contributed by atoms with Gasteiger partial charge in [-0.05, 0) is 75.3 Å². The number of hydrogen-bond donors (Lipinski definition) is 1. The third-order valence-electron chi connectivity index (χ3n) is 7.83. The van der Waals surface area contributed by atoms with E-state index in [2.05, 4.69) is 21.6 Å². The minimum absolute atomic E-state index is 0.146. The Morgan fingerprint density at radius 2 is 1.87 bits per heavy atom. The summed E-state index contributed by atoms with van der Waals surface area (Å²) in [6, 6.07) is 12.5. The van der Waals surface area contributed by atoms with Crippen molar-refractivity contribution in [3.63, 3.8) is 0 Å². The number of aliphatic hydroxyl groups is 1. The van der Waals surface area contributed by atoms with Gasteiger partial charge in [0.1, 0.15) is 0 Å². The predicted octanol–water partition coefficient (Wildman–Crippen LogP) is 4.49. The maximum absolute atomic E-state index is 13.4. The minimum atomic E-state index is -0.284. The summed E-state index contributed by atoms with van der Waals surface area (Å²) in [7, 11) is 0. The van der Waals surface area contributed by atoms with E-state index in [4.69, 9.17) is 5.26 Å². The Morgan fingerprint density at radius 3 is 2.48 bits per heavy atom. The number of carbonyl (C=O) groups is 1. The SMILES string of the molecule is Cc1c(C(=O)CN2C3CCC2[C@@H](O)C3)cc(C2CCCCC2)n1-c1ccc(C#N)cc1. The summed E-state index contributed by atoms with van der Waals surface area (Å²) in [6.07, 6.45) is 8.70. The van der Waals surface area contributed by atoms with Gasteiger partial charge in [-0.3, -0.25) is 9.69 Å². The van der Waals surface area contributed by atoms with E-state index in [0.29, 0.717) is 24.1 Å². The van der Waals surface area contributed by atoms with E-state index < -0.39 is 0 Å². The van der Waals surface area contributed by atoms with Crippen LogP contribution in [0.4, 0.5) is 0 Å². The van der Waals surface area contributed by atoms with Crippen LogP contribution in [0.3, 0.4) is 0 Å². The predicted molar refractivity (Wildman–Crippen MR) is 120 cm³/mol. The first-order valence-corrected chi connectivity index (χ1v) is 11.8. The van der Waals surface area contributed by atoms with Gasteiger partial charge in [-0.15, -0.1) is 0 Å². The fraction of sp³-hybridized carbons (Fsp3) is 0.538. The van der Waals surface area contributed by atoms with Gasteiger partial charge in [-0.1, -0.05) is 19.3 Å². The number of rotatable bonds is 5. The Labute approximate surface area is 184 Å². The van der Waals surface area contributed by atoms with Gasteiger partial charge in [0, 0.05) is 34.7 Å². The van der Waals surface area contributed by atoms with Gasteiger partial charge in [-0.2, -0.15) is 5.26 Å². The largest absolute Gasteiger partial charge is 0.391 e. The number of ketones is 1. The van der Waals surface area contributed by atoms with Gasteiger partial charge in [0.15, 0.2) is 5.78 Å². The Bertz CT molecular complexity index is 1010. The molecule has 31 heavy (non-hydrogen) atoms. The molecular formula is C26H31N3O2. The Hall–Kier alpha value is -2.42. The summed E-state index contributed by atoms with van der Waals surface area (Å²) in [5.74, 6) is 0.627. The lowest BCUT2D eigenvalue weighted by molar-refractivity contribution is 0.0873. The molecule has 2 unspecified atom stereocenters. The molecular weight excluding hydrogens is 386 g/mol. The molecule has 5 nitrogen and oxygen atoms in total. The Morgan fingerprint density at radius 1 is 1.13 bits per heavy atom. The molecule has 0 amide bonds. The molecule has 3 fully saturated rings. The lowest BCUT2D eigenvalue weighted by atomic mass is 9.86. The number of aromatic nitrogens is 1. The highest BCUT2D eigenvalue weighted by molar-refractivity contribution is 5.99. The number of fused-ring (bicyclic) bond motifs is 2. The first-order valence-electron chi connectivity index (χ1n) is 11.8. The monoisotopic (exact) mass is 417 g/mol. The van der Waals surface area contributed by atoms with Gasteiger partial charge in [0.2, 0.25) is 0 Å². The van der Waals surface area contributed by atoms with Gasteiger partial charge in [0.25, 0.3) is 0 Å². The van der Waals surface area contributed by atoms with Crippen molar-refractivity contribution in [2.45, 2.75) is 82.4 Å². The summed E-state index contributed by atoms with van der Waals surface area (Å²) in [5, 5.41) is 19.4. The van der Waals surface area contributed by atoms with Gasteiger partial charge < -0.3 is 9.67 Å². The molecule has 0 radical (unpaired) electrons. The van der Waals surface area contributed by atoms with Crippen LogP contribution >= 0.6 is 0 Å². The zero-order valence-corrected chi connectivity index (χ0v) is 18.3. The maximum atomic E-state index is 13.4. The highest BCUT2D eigenvalue weighted by atomic mass is 16.3. The molecule has 2 aliphatic heterocycles. The third kappa shape index (κ3) is 3.62. The molecule has 5 heteroatoms. The fourth-order valence-corrected chi connectivity index (χ4v) is 6.21. The lowest BCUT2D eigenvalue weighted by Gasteiger charge is -2.24. The Kier molecular flexibility index (Phi) is 5.45. The van der Waals surface area contributed by atoms with Crippen LogP contribution in [-0.2, 0) is 0 Å². The van der Waals surface area contributed by atoms with Crippen molar-refractivity contribution in [3.05, 3.63) is 52.8 Å². The quantitative estimate of drug-likeness (QED) is 0.728. The first-order chi connectivity index (χ1) is 15.1. The first kappa shape index (κ1) is 20.5. The molecule has 1 aromatic carbocycles. The van der Waals surface area contributed by atoms with Crippen LogP contribution in [0, 0.1) is 18.3 Å². The molecule has 3 atom stereocenters. The minimum Gasteiger partial charge on any atom is -0.391 e. The molecule has 162 valence electrons. The number of hydrogen-bond acceptors (Lipinski definition) is 4. The Balaban J connectivity index is 1.49. The standard InChI is InChI=1S/C26H31N3O2/c1-17-22(26(31)16-28-21-11-12-23(28)25(30)13-21)14-24(19-5-3-2-4-6-19)29(17)20-9-7-18(15-27)8-10-20/h7-10,14,19,21,23,25,30H,2-6,11-13,16H2,1H3/t21?,23?,25-/m0/s1. The molecule has 1 saturated carbocycles. The highest BCUT2D eigenvalue weighted by Gasteiger charge is 2.46. The van der Waals surface area contributed by atoms with Crippen molar-refractivity contribution < 1.29 is 9.90 Å². The second-order valence-electron chi connectivity index (χ2n) is 9.59. The van der Waals surface area contributed by atoms with Crippen molar-refractivity contribution in [2.24, 2.45) is 0 Å². The van der Waals surface area contributed by atoms with Crippen LogP contribution in [0.1, 0.15) is 84.6 Å². The molecule has 3 aliphatic rings. The molecule has 2 aromatic rings. The van der Waals surface area contributed by atoms with Crippen molar-refractivity contribution in [3.8, 4) is 11.8 Å². The van der Waals surface area contributed by atoms with Crippen molar-refractivity contribution in [1.29, 1.82) is 5.26 Å². The van der Waals surface area contributed by atoms with Gasteiger partial charge in [-0.25, -0.2) is 0 Å². The average molecular weight is 418 g/mol. The fourth-order valence-electron chi connectivity index (χ4n) is 6.21. The van der Waals surface area contributed by atoms with Crippen LogP contribution in [-0.4, -0.2) is 45.1 Å². The lowest BCUT2D eigenvalue weighted by Crippen LogP contribution is -2.36. The van der Waals surface area contributed by atoms with E-state index in [1.165, 1.54) is 25.0 Å². The van der Waals surface area contributed by atoms with E-state index in [-0.39, 0.29) is 17.9 Å². The van der Waals surface area contributed by atoms with Crippen LogP contribution in [0.25, 0.3) is 5.69 Å².